The van der Waals surface area contributed by atoms with Gasteiger partial charge in [-0.3, -0.25) is 0 Å². The lowest BCUT2D eigenvalue weighted by atomic mass is 10.2. The summed E-state index contributed by atoms with van der Waals surface area (Å²) >= 11 is 0. The minimum atomic E-state index is 0.561. The Bertz CT molecular complexity index is 200. The first kappa shape index (κ1) is 9.82. The second kappa shape index (κ2) is 3.86. The van der Waals surface area contributed by atoms with Crippen molar-refractivity contribution in [1.29, 1.82) is 0 Å². The van der Waals surface area contributed by atoms with Gasteiger partial charge in [-0.05, 0) is 18.6 Å². The fraction of sp³-hybridized carbons (Fsp3) is 0.333. The van der Waals surface area contributed by atoms with E-state index in [2.05, 4.69) is 13.2 Å². The van der Waals surface area contributed by atoms with Crippen LogP contribution in [0.15, 0.2) is 36.2 Å². The molecule has 0 aromatic rings. The molecule has 0 unspecified atom stereocenters. The van der Waals surface area contributed by atoms with Crippen LogP contribution >= 0.6 is 0 Å². The van der Waals surface area contributed by atoms with Gasteiger partial charge >= 0.3 is 0 Å². The monoisotopic (exact) mass is 152 g/mol. The highest BCUT2D eigenvalue weighted by Crippen LogP contribution is 2.09. The van der Waals surface area contributed by atoms with Crippen LogP contribution in [0.25, 0.3) is 0 Å². The van der Waals surface area contributed by atoms with Crippen LogP contribution in [-0.4, -0.2) is 19.0 Å². The summed E-state index contributed by atoms with van der Waals surface area (Å²) in [7, 11) is 3.89. The molecule has 0 aromatic carbocycles. The zero-order valence-electron chi connectivity index (χ0n) is 7.52. The summed E-state index contributed by atoms with van der Waals surface area (Å²) in [5.74, 6) is 0. The van der Waals surface area contributed by atoms with Crippen LogP contribution in [0.1, 0.15) is 6.92 Å². The van der Waals surface area contributed by atoms with Crippen LogP contribution in [0.3, 0.4) is 0 Å². The van der Waals surface area contributed by atoms with E-state index in [0.717, 1.165) is 11.3 Å². The topological polar surface area (TPSA) is 29.3 Å². The molecule has 0 radical (unpaired) electrons. The van der Waals surface area contributed by atoms with Crippen molar-refractivity contribution in [3.63, 3.8) is 0 Å². The maximum Gasteiger partial charge on any atom is 0.0318 e. The summed E-state index contributed by atoms with van der Waals surface area (Å²) in [5, 5.41) is 0. The molecular formula is C9H16N2. The number of hydrogen-bond acceptors (Lipinski definition) is 2. The maximum absolute atomic E-state index is 5.40. The molecule has 0 heterocycles. The van der Waals surface area contributed by atoms with Crippen LogP contribution in [-0.2, 0) is 0 Å². The Balaban J connectivity index is 4.36. The Kier molecular flexibility index (Phi) is 3.45. The molecule has 0 rings (SSSR count). The molecule has 0 bridgehead atoms. The third kappa shape index (κ3) is 3.50. The molecule has 0 aliphatic heterocycles. The second-order valence-corrected chi connectivity index (χ2v) is 2.74. The minimum absolute atomic E-state index is 0.561. The average molecular weight is 152 g/mol. The van der Waals surface area contributed by atoms with Gasteiger partial charge in [0.25, 0.3) is 0 Å². The van der Waals surface area contributed by atoms with E-state index in [4.69, 9.17) is 5.73 Å². The standard InChI is InChI=1S/C9H16N2/c1-7(6-8(2)10)9(3)11(4)5/h6H,2-3,10H2,1,4-5H3/b7-6-. The van der Waals surface area contributed by atoms with Gasteiger partial charge in [-0.15, -0.1) is 0 Å². The van der Waals surface area contributed by atoms with E-state index >= 15 is 0 Å². The predicted octanol–water partition coefficient (Wildman–Crippen LogP) is 1.48. The van der Waals surface area contributed by atoms with Gasteiger partial charge in [-0.1, -0.05) is 13.2 Å². The van der Waals surface area contributed by atoms with Gasteiger partial charge in [-0.25, -0.2) is 0 Å². The van der Waals surface area contributed by atoms with Crippen LogP contribution in [0, 0.1) is 0 Å². The molecule has 2 N–H and O–H groups in total. The molecule has 0 saturated carbocycles. The van der Waals surface area contributed by atoms with Crippen molar-refractivity contribution in [2.24, 2.45) is 5.73 Å². The summed E-state index contributed by atoms with van der Waals surface area (Å²) in [4.78, 5) is 1.94. The molecule has 0 spiro atoms. The third-order valence-corrected chi connectivity index (χ3v) is 1.40. The number of rotatable bonds is 3. The fourth-order valence-electron chi connectivity index (χ4n) is 0.714. The smallest absolute Gasteiger partial charge is 0.0318 e. The van der Waals surface area contributed by atoms with E-state index < -0.39 is 0 Å². The van der Waals surface area contributed by atoms with Crippen molar-refractivity contribution < 1.29 is 0 Å². The van der Waals surface area contributed by atoms with Crippen LogP contribution in [0.4, 0.5) is 0 Å². The maximum atomic E-state index is 5.40. The Morgan fingerprint density at radius 1 is 1.36 bits per heavy atom. The van der Waals surface area contributed by atoms with Crippen molar-refractivity contribution >= 4 is 0 Å². The number of nitrogens with two attached hydrogens (primary N) is 1. The normalized spacial score (nSPS) is 11.0. The van der Waals surface area contributed by atoms with Gasteiger partial charge in [0, 0.05) is 25.5 Å². The lowest BCUT2D eigenvalue weighted by molar-refractivity contribution is 0.524. The number of likely N-dealkylation sites (N-methyl/N-ethyl adjacent to an activating group) is 1. The Labute approximate surface area is 68.7 Å². The summed E-state index contributed by atoms with van der Waals surface area (Å²) < 4.78 is 0. The van der Waals surface area contributed by atoms with Crippen molar-refractivity contribution in [2.45, 2.75) is 6.92 Å². The van der Waals surface area contributed by atoms with Crippen molar-refractivity contribution in [3.05, 3.63) is 36.2 Å². The summed E-state index contributed by atoms with van der Waals surface area (Å²) in [5.41, 5.74) is 7.96. The molecule has 0 amide bonds. The molecule has 62 valence electrons. The summed E-state index contributed by atoms with van der Waals surface area (Å²) in [6.07, 6.45) is 1.81. The van der Waals surface area contributed by atoms with E-state index in [1.807, 2.05) is 32.0 Å². The largest absolute Gasteiger partial charge is 0.399 e. The Morgan fingerprint density at radius 3 is 2.09 bits per heavy atom. The minimum Gasteiger partial charge on any atom is -0.399 e. The highest BCUT2D eigenvalue weighted by atomic mass is 15.1. The molecule has 0 aromatic heterocycles. The van der Waals surface area contributed by atoms with E-state index in [1.54, 1.807) is 0 Å². The van der Waals surface area contributed by atoms with Crippen LogP contribution in [0.5, 0.6) is 0 Å². The highest BCUT2D eigenvalue weighted by Gasteiger charge is 1.97. The highest BCUT2D eigenvalue weighted by molar-refractivity contribution is 5.30. The van der Waals surface area contributed by atoms with E-state index in [1.165, 1.54) is 0 Å². The summed E-state index contributed by atoms with van der Waals surface area (Å²) in [6.45, 7) is 9.41. The van der Waals surface area contributed by atoms with E-state index in [-0.39, 0.29) is 0 Å². The molecule has 0 atom stereocenters. The quantitative estimate of drug-likeness (QED) is 0.621. The van der Waals surface area contributed by atoms with Gasteiger partial charge in [-0.2, -0.15) is 0 Å². The van der Waals surface area contributed by atoms with Gasteiger partial charge < -0.3 is 10.6 Å². The Morgan fingerprint density at radius 2 is 1.82 bits per heavy atom. The molecule has 2 heteroatoms. The Hall–Kier alpha value is -1.18. The zero-order chi connectivity index (χ0) is 9.02. The number of hydrogen-bond donors (Lipinski definition) is 1. The molecule has 0 aliphatic carbocycles. The van der Waals surface area contributed by atoms with Crippen molar-refractivity contribution in [2.75, 3.05) is 14.1 Å². The summed E-state index contributed by atoms with van der Waals surface area (Å²) in [6, 6.07) is 0. The van der Waals surface area contributed by atoms with Gasteiger partial charge in [0.05, 0.1) is 0 Å². The SMILES string of the molecule is C=C(N)/C=C(/C)C(=C)N(C)C. The van der Waals surface area contributed by atoms with E-state index in [0.29, 0.717) is 5.70 Å². The molecule has 2 nitrogen and oxygen atoms in total. The van der Waals surface area contributed by atoms with Crippen molar-refractivity contribution in [1.82, 2.24) is 4.90 Å². The fourth-order valence-corrected chi connectivity index (χ4v) is 0.714. The van der Waals surface area contributed by atoms with Gasteiger partial charge in [0.15, 0.2) is 0 Å². The zero-order valence-corrected chi connectivity index (χ0v) is 7.52. The molecule has 0 fully saturated rings. The van der Waals surface area contributed by atoms with Crippen molar-refractivity contribution in [3.8, 4) is 0 Å². The second-order valence-electron chi connectivity index (χ2n) is 2.74. The first-order valence-electron chi connectivity index (χ1n) is 3.44. The molecule has 11 heavy (non-hydrogen) atoms. The van der Waals surface area contributed by atoms with E-state index in [9.17, 15) is 0 Å². The molecule has 0 aliphatic rings. The average Bonchev–Trinajstić information content (AvgIpc) is 1.84. The lowest BCUT2D eigenvalue weighted by Crippen LogP contribution is -2.11. The first-order chi connectivity index (χ1) is 4.95. The lowest BCUT2D eigenvalue weighted by Gasteiger charge is -2.15. The number of nitrogens with zero attached hydrogens (tertiary/aromatic N) is 1. The molecule has 0 saturated heterocycles. The first-order valence-corrected chi connectivity index (χ1v) is 3.44. The van der Waals surface area contributed by atoms with Crippen LogP contribution < -0.4 is 5.73 Å². The van der Waals surface area contributed by atoms with Gasteiger partial charge in [0.2, 0.25) is 0 Å². The third-order valence-electron chi connectivity index (χ3n) is 1.40. The van der Waals surface area contributed by atoms with Crippen LogP contribution in [0.2, 0.25) is 0 Å². The van der Waals surface area contributed by atoms with Gasteiger partial charge in [0.1, 0.15) is 0 Å². The number of allylic oxidation sites excluding steroid dienone is 2. The molecular weight excluding hydrogens is 136 g/mol. The predicted molar refractivity (Wildman–Crippen MR) is 49.9 cm³/mol.